The molecule has 0 aliphatic heterocycles. The Morgan fingerprint density at radius 1 is 1.29 bits per heavy atom. The molecule has 2 atom stereocenters. The summed E-state index contributed by atoms with van der Waals surface area (Å²) in [5.41, 5.74) is 7.25. The van der Waals surface area contributed by atoms with Crippen molar-refractivity contribution >= 4 is 18.3 Å². The van der Waals surface area contributed by atoms with E-state index in [1.165, 1.54) is 5.56 Å². The Hall–Kier alpha value is -1.06. The van der Waals surface area contributed by atoms with Crippen LogP contribution >= 0.6 is 12.4 Å². The SMILES string of the molecule is CC(C)(CNC(=O)C1CCC(N)C1)Cc1ccccc1.Cl. The first kappa shape index (κ1) is 18.0. The zero-order valence-electron chi connectivity index (χ0n) is 13.0. The smallest absolute Gasteiger partial charge is 0.223 e. The normalized spacial score (nSPS) is 21.7. The van der Waals surface area contributed by atoms with Crippen LogP contribution in [0.3, 0.4) is 0 Å². The van der Waals surface area contributed by atoms with Crippen molar-refractivity contribution in [2.75, 3.05) is 6.54 Å². The molecule has 0 radical (unpaired) electrons. The molecule has 3 N–H and O–H groups in total. The van der Waals surface area contributed by atoms with Crippen LogP contribution in [-0.2, 0) is 11.2 Å². The first-order chi connectivity index (χ1) is 9.46. The highest BCUT2D eigenvalue weighted by Crippen LogP contribution is 2.25. The molecule has 118 valence electrons. The summed E-state index contributed by atoms with van der Waals surface area (Å²) in [6.07, 6.45) is 3.72. The second-order valence-corrected chi connectivity index (χ2v) is 6.81. The average molecular weight is 311 g/mol. The van der Waals surface area contributed by atoms with Crippen molar-refractivity contribution in [1.29, 1.82) is 0 Å². The molecule has 1 aromatic rings. The lowest BCUT2D eigenvalue weighted by atomic mass is 9.85. The van der Waals surface area contributed by atoms with Gasteiger partial charge in [-0.15, -0.1) is 12.4 Å². The van der Waals surface area contributed by atoms with Crippen LogP contribution in [0.15, 0.2) is 30.3 Å². The minimum absolute atomic E-state index is 0. The summed E-state index contributed by atoms with van der Waals surface area (Å²) < 4.78 is 0. The van der Waals surface area contributed by atoms with E-state index in [2.05, 4.69) is 43.4 Å². The van der Waals surface area contributed by atoms with Crippen LogP contribution in [0, 0.1) is 11.3 Å². The summed E-state index contributed by atoms with van der Waals surface area (Å²) in [5, 5.41) is 3.11. The molecule has 1 aliphatic carbocycles. The van der Waals surface area contributed by atoms with Gasteiger partial charge in [-0.2, -0.15) is 0 Å². The van der Waals surface area contributed by atoms with Crippen LogP contribution in [0.2, 0.25) is 0 Å². The van der Waals surface area contributed by atoms with Crippen LogP contribution in [0.1, 0.15) is 38.7 Å². The fourth-order valence-electron chi connectivity index (χ4n) is 2.94. The molecule has 0 saturated heterocycles. The van der Waals surface area contributed by atoms with E-state index in [4.69, 9.17) is 5.73 Å². The van der Waals surface area contributed by atoms with Crippen LogP contribution in [0.25, 0.3) is 0 Å². The molecule has 0 bridgehead atoms. The third-order valence-corrected chi connectivity index (χ3v) is 4.11. The number of hydrogen-bond acceptors (Lipinski definition) is 2. The van der Waals surface area contributed by atoms with Crippen molar-refractivity contribution in [2.24, 2.45) is 17.1 Å². The molecule has 1 saturated carbocycles. The number of nitrogens with one attached hydrogen (secondary N) is 1. The number of hydrogen-bond donors (Lipinski definition) is 2. The van der Waals surface area contributed by atoms with Crippen molar-refractivity contribution in [1.82, 2.24) is 5.32 Å². The highest BCUT2D eigenvalue weighted by Gasteiger charge is 2.29. The Kier molecular flexibility index (Phi) is 6.69. The molecule has 1 fully saturated rings. The predicted octanol–water partition coefficient (Wildman–Crippen LogP) is 2.92. The van der Waals surface area contributed by atoms with E-state index < -0.39 is 0 Å². The summed E-state index contributed by atoms with van der Waals surface area (Å²) in [7, 11) is 0. The van der Waals surface area contributed by atoms with E-state index in [1.807, 2.05) is 6.07 Å². The van der Waals surface area contributed by atoms with Gasteiger partial charge in [-0.25, -0.2) is 0 Å². The molecule has 0 heterocycles. The van der Waals surface area contributed by atoms with Gasteiger partial charge in [-0.3, -0.25) is 4.79 Å². The molecule has 0 aromatic heterocycles. The second kappa shape index (κ2) is 7.81. The van der Waals surface area contributed by atoms with Gasteiger partial charge in [0.1, 0.15) is 0 Å². The molecule has 0 spiro atoms. The van der Waals surface area contributed by atoms with Crippen molar-refractivity contribution in [2.45, 2.75) is 45.6 Å². The maximum absolute atomic E-state index is 12.1. The van der Waals surface area contributed by atoms with E-state index in [0.29, 0.717) is 6.54 Å². The lowest BCUT2D eigenvalue weighted by Crippen LogP contribution is -2.38. The molecular formula is C17H27ClN2O. The second-order valence-electron chi connectivity index (χ2n) is 6.81. The molecular weight excluding hydrogens is 284 g/mol. The number of benzene rings is 1. The van der Waals surface area contributed by atoms with Crippen LogP contribution < -0.4 is 11.1 Å². The maximum Gasteiger partial charge on any atom is 0.223 e. The summed E-state index contributed by atoms with van der Waals surface area (Å²) >= 11 is 0. The van der Waals surface area contributed by atoms with Crippen molar-refractivity contribution < 1.29 is 4.79 Å². The molecule has 2 unspecified atom stereocenters. The zero-order valence-corrected chi connectivity index (χ0v) is 13.8. The van der Waals surface area contributed by atoms with Gasteiger partial charge < -0.3 is 11.1 Å². The van der Waals surface area contributed by atoms with Crippen molar-refractivity contribution in [3.05, 3.63) is 35.9 Å². The molecule has 4 heteroatoms. The van der Waals surface area contributed by atoms with E-state index in [-0.39, 0.29) is 35.7 Å². The van der Waals surface area contributed by atoms with Crippen molar-refractivity contribution in [3.63, 3.8) is 0 Å². The zero-order chi connectivity index (χ0) is 14.6. The first-order valence-electron chi connectivity index (χ1n) is 7.53. The Morgan fingerprint density at radius 3 is 2.52 bits per heavy atom. The lowest BCUT2D eigenvalue weighted by molar-refractivity contribution is -0.125. The summed E-state index contributed by atoms with van der Waals surface area (Å²) in [4.78, 5) is 12.1. The van der Waals surface area contributed by atoms with E-state index in [9.17, 15) is 4.79 Å². The number of carbonyl (C=O) groups excluding carboxylic acids is 1. The minimum Gasteiger partial charge on any atom is -0.355 e. The van der Waals surface area contributed by atoms with E-state index in [0.717, 1.165) is 25.7 Å². The van der Waals surface area contributed by atoms with E-state index in [1.54, 1.807) is 0 Å². The van der Waals surface area contributed by atoms with Gasteiger partial charge in [0.15, 0.2) is 0 Å². The van der Waals surface area contributed by atoms with Gasteiger partial charge in [0, 0.05) is 18.5 Å². The van der Waals surface area contributed by atoms with Gasteiger partial charge in [-0.05, 0) is 36.7 Å². The molecule has 3 nitrogen and oxygen atoms in total. The molecule has 1 aliphatic rings. The topological polar surface area (TPSA) is 55.1 Å². The van der Waals surface area contributed by atoms with Gasteiger partial charge >= 0.3 is 0 Å². The molecule has 1 aromatic carbocycles. The largest absolute Gasteiger partial charge is 0.355 e. The molecule has 2 rings (SSSR count). The predicted molar refractivity (Wildman–Crippen MR) is 89.5 cm³/mol. The molecule has 1 amide bonds. The van der Waals surface area contributed by atoms with E-state index >= 15 is 0 Å². The van der Waals surface area contributed by atoms with Crippen LogP contribution in [-0.4, -0.2) is 18.5 Å². The Morgan fingerprint density at radius 2 is 1.95 bits per heavy atom. The van der Waals surface area contributed by atoms with Crippen LogP contribution in [0.4, 0.5) is 0 Å². The number of amides is 1. The monoisotopic (exact) mass is 310 g/mol. The summed E-state index contributed by atoms with van der Waals surface area (Å²) in [6.45, 7) is 5.10. The Bertz CT molecular complexity index is 447. The Balaban J connectivity index is 0.00000220. The first-order valence-corrected chi connectivity index (χ1v) is 7.53. The molecule has 21 heavy (non-hydrogen) atoms. The highest BCUT2D eigenvalue weighted by atomic mass is 35.5. The van der Waals surface area contributed by atoms with Gasteiger partial charge in [-0.1, -0.05) is 44.2 Å². The van der Waals surface area contributed by atoms with Crippen LogP contribution in [0.5, 0.6) is 0 Å². The van der Waals surface area contributed by atoms with Gasteiger partial charge in [0.05, 0.1) is 0 Å². The number of rotatable bonds is 5. The quantitative estimate of drug-likeness (QED) is 0.878. The minimum atomic E-state index is 0. The van der Waals surface area contributed by atoms with Gasteiger partial charge in [0.25, 0.3) is 0 Å². The average Bonchev–Trinajstić information content (AvgIpc) is 2.83. The fourth-order valence-corrected chi connectivity index (χ4v) is 2.94. The fraction of sp³-hybridized carbons (Fsp3) is 0.588. The van der Waals surface area contributed by atoms with Crippen molar-refractivity contribution in [3.8, 4) is 0 Å². The maximum atomic E-state index is 12.1. The van der Waals surface area contributed by atoms with Gasteiger partial charge in [0.2, 0.25) is 5.91 Å². The Labute approximate surface area is 134 Å². The third kappa shape index (κ3) is 5.68. The third-order valence-electron chi connectivity index (χ3n) is 4.11. The lowest BCUT2D eigenvalue weighted by Gasteiger charge is -2.26. The number of carbonyl (C=O) groups is 1. The standard InChI is InChI=1S/C17H26N2O.ClH/c1-17(2,11-13-6-4-3-5-7-13)12-19-16(20)14-8-9-15(18)10-14;/h3-7,14-15H,8-12,18H2,1-2H3,(H,19,20);1H. The number of halogens is 1. The highest BCUT2D eigenvalue weighted by molar-refractivity contribution is 5.85. The summed E-state index contributed by atoms with van der Waals surface area (Å²) in [6, 6.07) is 10.6. The number of nitrogens with two attached hydrogens (primary N) is 1. The summed E-state index contributed by atoms with van der Waals surface area (Å²) in [5.74, 6) is 0.302.